The fraction of sp³-hybridized carbons (Fsp3) is 0.300. The number of nitrogens with one attached hydrogen (secondary N) is 1. The first-order chi connectivity index (χ1) is 6.31. The zero-order valence-electron chi connectivity index (χ0n) is 7.83. The monoisotopic (exact) mass is 179 g/mol. The number of hydrogen-bond donors (Lipinski definition) is 1. The van der Waals surface area contributed by atoms with Crippen LogP contribution in [0.25, 0.3) is 0 Å². The second-order valence-electron chi connectivity index (χ2n) is 2.65. The van der Waals surface area contributed by atoms with E-state index in [4.69, 9.17) is 4.74 Å². The van der Waals surface area contributed by atoms with E-state index in [0.717, 1.165) is 6.42 Å². The Labute approximate surface area is 77.7 Å². The molecule has 0 unspecified atom stereocenters. The van der Waals surface area contributed by atoms with E-state index in [0.29, 0.717) is 17.8 Å². The second-order valence-corrected chi connectivity index (χ2v) is 2.65. The van der Waals surface area contributed by atoms with Gasteiger partial charge in [0.25, 0.3) is 0 Å². The van der Waals surface area contributed by atoms with E-state index >= 15 is 0 Å². The van der Waals surface area contributed by atoms with Gasteiger partial charge in [0.05, 0.1) is 12.8 Å². The summed E-state index contributed by atoms with van der Waals surface area (Å²) in [6.07, 6.45) is 1.60. The Morgan fingerprint density at radius 1 is 1.54 bits per heavy atom. The maximum absolute atomic E-state index is 10.2. The first-order valence-electron chi connectivity index (χ1n) is 4.19. The number of rotatable bonds is 4. The molecule has 0 spiro atoms. The molecule has 0 aliphatic carbocycles. The van der Waals surface area contributed by atoms with Crippen molar-refractivity contribution in [2.75, 3.05) is 12.4 Å². The van der Waals surface area contributed by atoms with Crippen LogP contribution in [0.5, 0.6) is 5.75 Å². The highest BCUT2D eigenvalue weighted by Crippen LogP contribution is 2.24. The van der Waals surface area contributed by atoms with Crippen molar-refractivity contribution in [2.45, 2.75) is 13.3 Å². The molecule has 1 aromatic rings. The molecule has 0 bridgehead atoms. The van der Waals surface area contributed by atoms with Gasteiger partial charge in [-0.3, -0.25) is 4.79 Å². The number of anilines is 1. The third-order valence-corrected chi connectivity index (χ3v) is 1.89. The summed E-state index contributed by atoms with van der Waals surface area (Å²) in [6.45, 7) is 2.07. The largest absolute Gasteiger partial charge is 0.495 e. The molecule has 1 N–H and O–H groups in total. The van der Waals surface area contributed by atoms with Crippen molar-refractivity contribution in [3.63, 3.8) is 0 Å². The van der Waals surface area contributed by atoms with Crippen LogP contribution in [0.4, 0.5) is 5.69 Å². The summed E-state index contributed by atoms with van der Waals surface area (Å²) in [5, 5.41) is 2.57. The van der Waals surface area contributed by atoms with Gasteiger partial charge in [-0.05, 0) is 24.1 Å². The molecule has 0 heterocycles. The van der Waals surface area contributed by atoms with Gasteiger partial charge in [0, 0.05) is 0 Å². The van der Waals surface area contributed by atoms with E-state index in [1.54, 1.807) is 7.11 Å². The van der Waals surface area contributed by atoms with Crippen LogP contribution in [0.15, 0.2) is 18.2 Å². The Bertz CT molecular complexity index is 297. The number of amides is 1. The van der Waals surface area contributed by atoms with Gasteiger partial charge >= 0.3 is 0 Å². The summed E-state index contributed by atoms with van der Waals surface area (Å²) in [5.74, 6) is 0.700. The molecule has 13 heavy (non-hydrogen) atoms. The topological polar surface area (TPSA) is 38.3 Å². The number of benzene rings is 1. The molecule has 0 saturated carbocycles. The first-order valence-corrected chi connectivity index (χ1v) is 4.19. The highest BCUT2D eigenvalue weighted by atomic mass is 16.5. The fourth-order valence-corrected chi connectivity index (χ4v) is 1.14. The Balaban J connectivity index is 3.00. The van der Waals surface area contributed by atoms with E-state index in [1.807, 2.05) is 18.2 Å². The van der Waals surface area contributed by atoms with Crippen LogP contribution in [0, 0.1) is 0 Å². The lowest BCUT2D eigenvalue weighted by Crippen LogP contribution is -1.97. The smallest absolute Gasteiger partial charge is 0.211 e. The lowest BCUT2D eigenvalue weighted by Gasteiger charge is -2.08. The summed E-state index contributed by atoms with van der Waals surface area (Å²) >= 11 is 0. The van der Waals surface area contributed by atoms with Crippen LogP contribution in [0.3, 0.4) is 0 Å². The molecule has 1 rings (SSSR count). The second kappa shape index (κ2) is 4.50. The van der Waals surface area contributed by atoms with Crippen molar-refractivity contribution in [3.8, 4) is 5.75 Å². The molecule has 0 aromatic heterocycles. The number of aryl methyl sites for hydroxylation is 1. The first kappa shape index (κ1) is 9.58. The van der Waals surface area contributed by atoms with E-state index in [2.05, 4.69) is 12.2 Å². The maximum atomic E-state index is 10.2. The molecule has 0 aliphatic rings. The zero-order valence-corrected chi connectivity index (χ0v) is 7.83. The zero-order chi connectivity index (χ0) is 9.68. The van der Waals surface area contributed by atoms with Crippen LogP contribution in [0.1, 0.15) is 12.5 Å². The third kappa shape index (κ3) is 2.21. The Morgan fingerprint density at radius 2 is 2.31 bits per heavy atom. The molecule has 0 radical (unpaired) electrons. The van der Waals surface area contributed by atoms with Crippen molar-refractivity contribution < 1.29 is 9.53 Å². The van der Waals surface area contributed by atoms with Gasteiger partial charge in [0.15, 0.2) is 0 Å². The van der Waals surface area contributed by atoms with Gasteiger partial charge in [0.1, 0.15) is 5.75 Å². The quantitative estimate of drug-likeness (QED) is 0.716. The summed E-state index contributed by atoms with van der Waals surface area (Å²) in [6, 6.07) is 5.73. The fourth-order valence-electron chi connectivity index (χ4n) is 1.14. The average molecular weight is 179 g/mol. The number of ether oxygens (including phenoxy) is 1. The van der Waals surface area contributed by atoms with Crippen LogP contribution in [-0.4, -0.2) is 13.5 Å². The van der Waals surface area contributed by atoms with Gasteiger partial charge in [0.2, 0.25) is 6.41 Å². The summed E-state index contributed by atoms with van der Waals surface area (Å²) < 4.78 is 5.12. The predicted molar refractivity (Wildman–Crippen MR) is 52.1 cm³/mol. The summed E-state index contributed by atoms with van der Waals surface area (Å²) in [4.78, 5) is 10.2. The SMILES string of the molecule is CCc1ccc(NC=O)c(OC)c1. The van der Waals surface area contributed by atoms with E-state index in [9.17, 15) is 4.79 Å². The summed E-state index contributed by atoms with van der Waals surface area (Å²) in [5.41, 5.74) is 1.89. The van der Waals surface area contributed by atoms with E-state index < -0.39 is 0 Å². The van der Waals surface area contributed by atoms with Crippen molar-refractivity contribution in [1.82, 2.24) is 0 Å². The minimum absolute atomic E-state index is 0.642. The summed E-state index contributed by atoms with van der Waals surface area (Å²) in [7, 11) is 1.59. The molecule has 1 aromatic carbocycles. The Kier molecular flexibility index (Phi) is 3.31. The standard InChI is InChI=1S/C10H13NO2/c1-3-8-4-5-9(11-7-12)10(6-8)13-2/h4-7H,3H2,1-2H3,(H,11,12). The van der Waals surface area contributed by atoms with E-state index in [-0.39, 0.29) is 0 Å². The van der Waals surface area contributed by atoms with Crippen LogP contribution in [0.2, 0.25) is 0 Å². The van der Waals surface area contributed by atoms with Crippen molar-refractivity contribution in [3.05, 3.63) is 23.8 Å². The molecule has 0 atom stereocenters. The molecule has 1 amide bonds. The highest BCUT2D eigenvalue weighted by Gasteiger charge is 2.01. The average Bonchev–Trinajstić information content (AvgIpc) is 2.19. The lowest BCUT2D eigenvalue weighted by atomic mass is 10.1. The molecule has 0 fully saturated rings. The van der Waals surface area contributed by atoms with Crippen molar-refractivity contribution >= 4 is 12.1 Å². The molecule has 3 heteroatoms. The van der Waals surface area contributed by atoms with Crippen LogP contribution >= 0.6 is 0 Å². The molecule has 0 saturated heterocycles. The van der Waals surface area contributed by atoms with Crippen LogP contribution in [-0.2, 0) is 11.2 Å². The number of carbonyl (C=O) groups excluding carboxylic acids is 1. The van der Waals surface area contributed by atoms with Gasteiger partial charge in [-0.2, -0.15) is 0 Å². The van der Waals surface area contributed by atoms with Gasteiger partial charge in [-0.25, -0.2) is 0 Å². The van der Waals surface area contributed by atoms with Crippen molar-refractivity contribution in [1.29, 1.82) is 0 Å². The van der Waals surface area contributed by atoms with Crippen molar-refractivity contribution in [2.24, 2.45) is 0 Å². The van der Waals surface area contributed by atoms with E-state index in [1.165, 1.54) is 5.56 Å². The lowest BCUT2D eigenvalue weighted by molar-refractivity contribution is -0.105. The van der Waals surface area contributed by atoms with Gasteiger partial charge < -0.3 is 10.1 Å². The van der Waals surface area contributed by atoms with Gasteiger partial charge in [-0.15, -0.1) is 0 Å². The minimum Gasteiger partial charge on any atom is -0.495 e. The molecule has 3 nitrogen and oxygen atoms in total. The number of methoxy groups -OCH3 is 1. The number of carbonyl (C=O) groups is 1. The molecular weight excluding hydrogens is 166 g/mol. The Morgan fingerprint density at radius 3 is 2.85 bits per heavy atom. The predicted octanol–water partition coefficient (Wildman–Crippen LogP) is 1.83. The highest BCUT2D eigenvalue weighted by molar-refractivity contribution is 5.75. The Hall–Kier alpha value is -1.51. The minimum atomic E-state index is 0.642. The molecular formula is C10H13NO2. The van der Waals surface area contributed by atoms with Crippen LogP contribution < -0.4 is 10.1 Å². The normalized spacial score (nSPS) is 9.38. The van der Waals surface area contributed by atoms with Gasteiger partial charge in [-0.1, -0.05) is 13.0 Å². The maximum Gasteiger partial charge on any atom is 0.211 e. The molecule has 70 valence electrons. The molecule has 0 aliphatic heterocycles. The number of hydrogen-bond acceptors (Lipinski definition) is 2. The third-order valence-electron chi connectivity index (χ3n) is 1.89.